The molecule has 9 heteroatoms. The minimum absolute atomic E-state index is 0.0380. The maximum atomic E-state index is 12.8. The molecule has 194 valence electrons. The largest absolute Gasteiger partial charge is 0.490 e. The summed E-state index contributed by atoms with van der Waals surface area (Å²) in [7, 11) is 0. The van der Waals surface area contributed by atoms with Gasteiger partial charge in [-0.3, -0.25) is 14.6 Å². The van der Waals surface area contributed by atoms with Crippen molar-refractivity contribution in [2.75, 3.05) is 29.9 Å². The highest BCUT2D eigenvalue weighted by Gasteiger charge is 2.29. The topological polar surface area (TPSA) is 114 Å². The van der Waals surface area contributed by atoms with Gasteiger partial charge in [0, 0.05) is 12.1 Å². The molecule has 0 unspecified atom stereocenters. The van der Waals surface area contributed by atoms with Gasteiger partial charge in [-0.2, -0.15) is 0 Å². The van der Waals surface area contributed by atoms with Crippen molar-refractivity contribution in [1.82, 2.24) is 9.97 Å². The lowest BCUT2D eigenvalue weighted by Gasteiger charge is -2.33. The first-order chi connectivity index (χ1) is 17.8. The molecule has 0 aliphatic carbocycles. The summed E-state index contributed by atoms with van der Waals surface area (Å²) in [4.78, 5) is 35.3. The normalized spacial score (nSPS) is 15.6. The molecule has 2 N–H and O–H groups in total. The van der Waals surface area contributed by atoms with E-state index in [-0.39, 0.29) is 12.0 Å². The minimum Gasteiger partial charge on any atom is -0.490 e. The third-order valence-corrected chi connectivity index (χ3v) is 6.41. The number of ether oxygens (including phenoxy) is 2. The number of benzene rings is 2. The van der Waals surface area contributed by atoms with E-state index in [1.807, 2.05) is 31.2 Å². The SMILES string of the molecule is CCOc1ccccc1O[C@@H]1CCCN(c2cncc(NC(=O)c3ccc(C(C)(C)C(=O)O)cc3)n2)C1. The van der Waals surface area contributed by atoms with Crippen LogP contribution in [0.15, 0.2) is 60.9 Å². The molecule has 1 aliphatic heterocycles. The molecular formula is C28H32N4O5. The van der Waals surface area contributed by atoms with Crippen LogP contribution in [0, 0.1) is 0 Å². The Morgan fingerprint density at radius 2 is 1.84 bits per heavy atom. The number of aromatic nitrogens is 2. The van der Waals surface area contributed by atoms with Crippen LogP contribution in [-0.2, 0) is 10.2 Å². The fourth-order valence-electron chi connectivity index (χ4n) is 4.16. The molecular weight excluding hydrogens is 472 g/mol. The predicted molar refractivity (Wildman–Crippen MR) is 141 cm³/mol. The molecule has 1 saturated heterocycles. The van der Waals surface area contributed by atoms with Crippen LogP contribution in [0.3, 0.4) is 0 Å². The van der Waals surface area contributed by atoms with Crippen molar-refractivity contribution in [2.24, 2.45) is 0 Å². The second-order valence-corrected chi connectivity index (χ2v) is 9.43. The molecule has 3 aromatic rings. The van der Waals surface area contributed by atoms with E-state index in [9.17, 15) is 14.7 Å². The van der Waals surface area contributed by atoms with Crippen LogP contribution in [0.4, 0.5) is 11.6 Å². The van der Waals surface area contributed by atoms with Gasteiger partial charge in [-0.05, 0) is 63.4 Å². The van der Waals surface area contributed by atoms with Gasteiger partial charge >= 0.3 is 5.97 Å². The summed E-state index contributed by atoms with van der Waals surface area (Å²) in [5, 5.41) is 12.2. The average Bonchev–Trinajstić information content (AvgIpc) is 2.90. The summed E-state index contributed by atoms with van der Waals surface area (Å²) in [6.07, 6.45) is 4.98. The second kappa shape index (κ2) is 11.3. The van der Waals surface area contributed by atoms with E-state index >= 15 is 0 Å². The number of nitrogens with zero attached hydrogens (tertiary/aromatic N) is 3. The molecule has 0 spiro atoms. The highest BCUT2D eigenvalue weighted by atomic mass is 16.5. The van der Waals surface area contributed by atoms with Crippen LogP contribution in [0.5, 0.6) is 11.5 Å². The van der Waals surface area contributed by atoms with E-state index in [2.05, 4.69) is 20.2 Å². The Morgan fingerprint density at radius 1 is 1.11 bits per heavy atom. The number of carbonyl (C=O) groups excluding carboxylic acids is 1. The predicted octanol–water partition coefficient (Wildman–Crippen LogP) is 4.54. The van der Waals surface area contributed by atoms with Crippen molar-refractivity contribution in [1.29, 1.82) is 0 Å². The van der Waals surface area contributed by atoms with Crippen LogP contribution in [0.2, 0.25) is 0 Å². The van der Waals surface area contributed by atoms with E-state index in [1.54, 1.807) is 44.3 Å². The highest BCUT2D eigenvalue weighted by Crippen LogP contribution is 2.30. The zero-order chi connectivity index (χ0) is 26.4. The third-order valence-electron chi connectivity index (χ3n) is 6.41. The molecule has 1 fully saturated rings. The Balaban J connectivity index is 1.41. The molecule has 9 nitrogen and oxygen atoms in total. The van der Waals surface area contributed by atoms with Crippen molar-refractivity contribution in [2.45, 2.75) is 45.1 Å². The zero-order valence-electron chi connectivity index (χ0n) is 21.3. The van der Waals surface area contributed by atoms with Crippen molar-refractivity contribution in [3.05, 3.63) is 72.1 Å². The Labute approximate surface area is 216 Å². The Bertz CT molecular complexity index is 1250. The number of aliphatic carboxylic acids is 1. The first-order valence-electron chi connectivity index (χ1n) is 12.4. The molecule has 2 aromatic carbocycles. The summed E-state index contributed by atoms with van der Waals surface area (Å²) in [5.74, 6) is 1.16. The van der Waals surface area contributed by atoms with Gasteiger partial charge in [-0.1, -0.05) is 24.3 Å². The number of hydrogen-bond acceptors (Lipinski definition) is 7. The van der Waals surface area contributed by atoms with Crippen LogP contribution in [0.25, 0.3) is 0 Å². The summed E-state index contributed by atoms with van der Waals surface area (Å²) in [5.41, 5.74) is -0.0312. The number of hydrogen-bond donors (Lipinski definition) is 2. The maximum absolute atomic E-state index is 12.8. The molecule has 1 aromatic heterocycles. The molecule has 1 amide bonds. The van der Waals surface area contributed by atoms with Gasteiger partial charge < -0.3 is 24.8 Å². The number of piperidine rings is 1. The van der Waals surface area contributed by atoms with E-state index < -0.39 is 11.4 Å². The lowest BCUT2D eigenvalue weighted by Crippen LogP contribution is -2.41. The molecule has 0 radical (unpaired) electrons. The maximum Gasteiger partial charge on any atom is 0.313 e. The number of carboxylic acids is 1. The van der Waals surface area contributed by atoms with Gasteiger partial charge in [0.25, 0.3) is 5.91 Å². The lowest BCUT2D eigenvalue weighted by molar-refractivity contribution is -0.142. The Hall–Kier alpha value is -4.14. The Morgan fingerprint density at radius 3 is 2.54 bits per heavy atom. The number of rotatable bonds is 9. The first-order valence-corrected chi connectivity index (χ1v) is 12.4. The molecule has 1 aliphatic rings. The third kappa shape index (κ3) is 6.17. The quantitative estimate of drug-likeness (QED) is 0.437. The van der Waals surface area contributed by atoms with E-state index in [1.165, 1.54) is 6.20 Å². The van der Waals surface area contributed by atoms with Gasteiger partial charge in [-0.25, -0.2) is 4.98 Å². The highest BCUT2D eigenvalue weighted by molar-refractivity contribution is 6.03. The van der Waals surface area contributed by atoms with Crippen LogP contribution in [0.1, 0.15) is 49.5 Å². The Kier molecular flexibility index (Phi) is 7.91. The average molecular weight is 505 g/mol. The van der Waals surface area contributed by atoms with Crippen molar-refractivity contribution in [3.63, 3.8) is 0 Å². The monoisotopic (exact) mass is 504 g/mol. The van der Waals surface area contributed by atoms with Crippen molar-refractivity contribution < 1.29 is 24.2 Å². The number of carboxylic acid groups (broad SMARTS) is 1. The van der Waals surface area contributed by atoms with E-state index in [0.29, 0.717) is 35.9 Å². The molecule has 0 saturated carbocycles. The minimum atomic E-state index is -1.05. The van der Waals surface area contributed by atoms with Crippen LogP contribution >= 0.6 is 0 Å². The van der Waals surface area contributed by atoms with E-state index in [0.717, 1.165) is 30.9 Å². The smallest absolute Gasteiger partial charge is 0.313 e. The van der Waals surface area contributed by atoms with Crippen molar-refractivity contribution >= 4 is 23.5 Å². The van der Waals surface area contributed by atoms with E-state index in [4.69, 9.17) is 9.47 Å². The summed E-state index contributed by atoms with van der Waals surface area (Å²) in [6, 6.07) is 14.2. The molecule has 4 rings (SSSR count). The zero-order valence-corrected chi connectivity index (χ0v) is 21.3. The summed E-state index contributed by atoms with van der Waals surface area (Å²) in [6.45, 7) is 7.20. The number of amides is 1. The fourth-order valence-corrected chi connectivity index (χ4v) is 4.16. The molecule has 0 bridgehead atoms. The van der Waals surface area contributed by atoms with Gasteiger partial charge in [0.1, 0.15) is 11.9 Å². The fraction of sp³-hybridized carbons (Fsp3) is 0.357. The second-order valence-electron chi connectivity index (χ2n) is 9.43. The number of para-hydroxylation sites is 2. The van der Waals surface area contributed by atoms with Crippen molar-refractivity contribution in [3.8, 4) is 11.5 Å². The van der Waals surface area contributed by atoms with Gasteiger partial charge in [-0.15, -0.1) is 0 Å². The van der Waals surface area contributed by atoms with Gasteiger partial charge in [0.15, 0.2) is 17.3 Å². The summed E-state index contributed by atoms with van der Waals surface area (Å²) >= 11 is 0. The van der Waals surface area contributed by atoms with Gasteiger partial charge in [0.05, 0.1) is 31.0 Å². The van der Waals surface area contributed by atoms with Crippen LogP contribution < -0.4 is 19.7 Å². The first kappa shape index (κ1) is 25.9. The van der Waals surface area contributed by atoms with Crippen LogP contribution in [-0.4, -0.2) is 52.8 Å². The molecule has 1 atom stereocenters. The number of nitrogens with one attached hydrogen (secondary N) is 1. The summed E-state index contributed by atoms with van der Waals surface area (Å²) < 4.78 is 12.0. The molecule has 37 heavy (non-hydrogen) atoms. The van der Waals surface area contributed by atoms with Gasteiger partial charge in [0.2, 0.25) is 0 Å². The number of carbonyl (C=O) groups is 2. The standard InChI is InChI=1S/C28H32N4O5/c1-4-36-22-9-5-6-10-23(22)37-21-8-7-15-32(18-21)25-17-29-16-24(30-25)31-26(33)19-11-13-20(14-12-19)28(2,3)27(34)35/h5-6,9-14,16-17,21H,4,7-8,15,18H2,1-3H3,(H,34,35)(H,30,31,33)/t21-/m1/s1. The molecule has 2 heterocycles. The number of anilines is 2. The lowest BCUT2D eigenvalue weighted by atomic mass is 9.84.